The number of hydrogen-bond donors (Lipinski definition) is 3. The maximum atomic E-state index is 11.6. The lowest BCUT2D eigenvalue weighted by molar-refractivity contribution is -0.122. The Morgan fingerprint density at radius 2 is 2.17 bits per heavy atom. The molecule has 4 N–H and O–H groups in total. The molecule has 0 aliphatic heterocycles. The molecule has 1 aliphatic rings. The largest absolute Gasteiger partial charge is 0.369 e. The van der Waals surface area contributed by atoms with E-state index >= 15 is 0 Å². The molecule has 8 nitrogen and oxygen atoms in total. The highest BCUT2D eigenvalue weighted by atomic mass is 35.5. The van der Waals surface area contributed by atoms with Crippen LogP contribution in [0.25, 0.3) is 0 Å². The van der Waals surface area contributed by atoms with Crippen molar-refractivity contribution in [2.24, 2.45) is 18.7 Å². The number of nitrogens with one attached hydrogen (secondary N) is 2. The fourth-order valence-electron chi connectivity index (χ4n) is 2.96. The van der Waals surface area contributed by atoms with Gasteiger partial charge in [0.05, 0.1) is 24.0 Å². The number of carbonyl (C=O) groups excluding carboxylic acids is 1. The molecule has 0 saturated heterocycles. The minimum Gasteiger partial charge on any atom is -0.369 e. The summed E-state index contributed by atoms with van der Waals surface area (Å²) < 4.78 is 1.68. The highest BCUT2D eigenvalue weighted by Crippen LogP contribution is 2.29. The molecule has 0 aromatic carbocycles. The van der Waals surface area contributed by atoms with Crippen LogP contribution in [0.1, 0.15) is 25.7 Å². The van der Waals surface area contributed by atoms with Gasteiger partial charge in [0.15, 0.2) is 5.82 Å². The van der Waals surface area contributed by atoms with Crippen molar-refractivity contribution in [1.82, 2.24) is 19.7 Å². The minimum absolute atomic E-state index is 0.0603. The van der Waals surface area contributed by atoms with Gasteiger partial charge in [-0.15, -0.1) is 0 Å². The van der Waals surface area contributed by atoms with Crippen molar-refractivity contribution in [3.63, 3.8) is 0 Å². The first-order valence-electron chi connectivity index (χ1n) is 7.87. The summed E-state index contributed by atoms with van der Waals surface area (Å²) in [5, 5.41) is 10.8. The van der Waals surface area contributed by atoms with Crippen molar-refractivity contribution in [2.75, 3.05) is 10.6 Å². The molecule has 2 aromatic rings. The second-order valence-electron chi connectivity index (χ2n) is 5.96. The molecule has 2 atom stereocenters. The van der Waals surface area contributed by atoms with Crippen LogP contribution in [0.2, 0.25) is 5.02 Å². The summed E-state index contributed by atoms with van der Waals surface area (Å²) in [6, 6.07) is -0.0603. The number of aromatic nitrogens is 4. The van der Waals surface area contributed by atoms with Crippen LogP contribution in [0.4, 0.5) is 17.5 Å². The number of carbonyl (C=O) groups is 1. The number of rotatable bonds is 5. The van der Waals surface area contributed by atoms with Gasteiger partial charge in [0.2, 0.25) is 11.9 Å². The first kappa shape index (κ1) is 16.5. The number of primary amides is 1. The van der Waals surface area contributed by atoms with Gasteiger partial charge in [-0.3, -0.25) is 9.48 Å². The second-order valence-corrected chi connectivity index (χ2v) is 6.37. The molecule has 0 unspecified atom stereocenters. The van der Waals surface area contributed by atoms with Crippen LogP contribution in [-0.2, 0) is 11.8 Å². The van der Waals surface area contributed by atoms with Gasteiger partial charge in [0.1, 0.15) is 5.02 Å². The van der Waals surface area contributed by atoms with Gasteiger partial charge in [0.25, 0.3) is 0 Å². The van der Waals surface area contributed by atoms with Crippen LogP contribution in [0.3, 0.4) is 0 Å². The van der Waals surface area contributed by atoms with Crippen LogP contribution in [0, 0.1) is 5.92 Å². The maximum Gasteiger partial charge on any atom is 0.229 e. The van der Waals surface area contributed by atoms with E-state index in [1.807, 2.05) is 13.2 Å². The fourth-order valence-corrected chi connectivity index (χ4v) is 3.11. The second kappa shape index (κ2) is 7.04. The van der Waals surface area contributed by atoms with Crippen LogP contribution < -0.4 is 16.4 Å². The SMILES string of the molecule is Cn1cc(Nc2ncc(Cl)c(N[C@H]3CCCC[C@H]3C(N)=O)n2)cn1. The summed E-state index contributed by atoms with van der Waals surface area (Å²) in [6.45, 7) is 0. The van der Waals surface area contributed by atoms with E-state index in [1.165, 1.54) is 6.20 Å². The van der Waals surface area contributed by atoms with E-state index in [0.717, 1.165) is 31.4 Å². The first-order chi connectivity index (χ1) is 11.5. The van der Waals surface area contributed by atoms with Crippen molar-refractivity contribution >= 4 is 35.0 Å². The summed E-state index contributed by atoms with van der Waals surface area (Å²) in [5.74, 6) is 0.406. The van der Waals surface area contributed by atoms with Crippen molar-refractivity contribution in [3.05, 3.63) is 23.6 Å². The van der Waals surface area contributed by atoms with Gasteiger partial charge in [0, 0.05) is 19.3 Å². The predicted molar refractivity (Wildman–Crippen MR) is 92.1 cm³/mol. The number of halogens is 1. The number of nitrogens with two attached hydrogens (primary N) is 1. The van der Waals surface area contributed by atoms with Gasteiger partial charge in [-0.05, 0) is 12.8 Å². The monoisotopic (exact) mass is 349 g/mol. The number of anilines is 3. The number of hydrogen-bond acceptors (Lipinski definition) is 6. The Kier molecular flexibility index (Phi) is 4.84. The third-order valence-electron chi connectivity index (χ3n) is 4.16. The molecule has 0 radical (unpaired) electrons. The molecule has 1 aliphatic carbocycles. The highest BCUT2D eigenvalue weighted by molar-refractivity contribution is 6.32. The molecule has 2 heterocycles. The van der Waals surface area contributed by atoms with Gasteiger partial charge in [-0.1, -0.05) is 24.4 Å². The molecule has 2 aromatic heterocycles. The number of nitrogens with zero attached hydrogens (tertiary/aromatic N) is 4. The summed E-state index contributed by atoms with van der Waals surface area (Å²) >= 11 is 6.20. The zero-order chi connectivity index (χ0) is 17.1. The number of aryl methyl sites for hydroxylation is 1. The highest BCUT2D eigenvalue weighted by Gasteiger charge is 2.30. The topological polar surface area (TPSA) is 111 Å². The van der Waals surface area contributed by atoms with Crippen LogP contribution in [-0.4, -0.2) is 31.7 Å². The first-order valence-corrected chi connectivity index (χ1v) is 8.25. The van der Waals surface area contributed by atoms with E-state index < -0.39 is 0 Å². The Bertz CT molecular complexity index is 732. The van der Waals surface area contributed by atoms with Gasteiger partial charge in [-0.25, -0.2) is 4.98 Å². The van der Waals surface area contributed by atoms with E-state index in [9.17, 15) is 4.79 Å². The van der Waals surface area contributed by atoms with Crippen molar-refractivity contribution in [1.29, 1.82) is 0 Å². The molecule has 0 bridgehead atoms. The maximum absolute atomic E-state index is 11.6. The van der Waals surface area contributed by atoms with Crippen molar-refractivity contribution in [2.45, 2.75) is 31.7 Å². The van der Waals surface area contributed by atoms with Crippen LogP contribution in [0.5, 0.6) is 0 Å². The van der Waals surface area contributed by atoms with Crippen molar-refractivity contribution in [3.8, 4) is 0 Å². The Morgan fingerprint density at radius 3 is 2.88 bits per heavy atom. The van der Waals surface area contributed by atoms with E-state index in [0.29, 0.717) is 16.8 Å². The lowest BCUT2D eigenvalue weighted by Crippen LogP contribution is -2.40. The third-order valence-corrected chi connectivity index (χ3v) is 4.44. The Balaban J connectivity index is 1.77. The molecule has 128 valence electrons. The summed E-state index contributed by atoms with van der Waals surface area (Å²) in [7, 11) is 1.83. The van der Waals surface area contributed by atoms with Crippen LogP contribution >= 0.6 is 11.6 Å². The Labute approximate surface area is 144 Å². The standard InChI is InChI=1S/C15H20ClN7O/c1-23-8-9(6-19-23)20-15-18-7-11(16)14(22-15)21-12-5-3-2-4-10(12)13(17)24/h6-8,10,12H,2-5H2,1H3,(H2,17,24)(H2,18,20,21,22)/t10-,12+/m1/s1. The van der Waals surface area contributed by atoms with E-state index in [-0.39, 0.29) is 17.9 Å². The third kappa shape index (κ3) is 3.76. The molecule has 24 heavy (non-hydrogen) atoms. The summed E-state index contributed by atoms with van der Waals surface area (Å²) in [4.78, 5) is 20.2. The quantitative estimate of drug-likeness (QED) is 0.762. The smallest absolute Gasteiger partial charge is 0.229 e. The molecule has 9 heteroatoms. The van der Waals surface area contributed by atoms with Gasteiger partial charge >= 0.3 is 0 Å². The summed E-state index contributed by atoms with van der Waals surface area (Å²) in [6.07, 6.45) is 8.72. The normalized spacial score (nSPS) is 20.6. The van der Waals surface area contributed by atoms with E-state index in [1.54, 1.807) is 10.9 Å². The van der Waals surface area contributed by atoms with Crippen molar-refractivity contribution < 1.29 is 4.79 Å². The Morgan fingerprint density at radius 1 is 1.38 bits per heavy atom. The molecular weight excluding hydrogens is 330 g/mol. The molecular formula is C15H20ClN7O. The van der Waals surface area contributed by atoms with Crippen LogP contribution in [0.15, 0.2) is 18.6 Å². The lowest BCUT2D eigenvalue weighted by Gasteiger charge is -2.30. The molecule has 3 rings (SSSR count). The zero-order valence-electron chi connectivity index (χ0n) is 13.4. The average molecular weight is 350 g/mol. The molecule has 0 spiro atoms. The minimum atomic E-state index is -0.286. The van der Waals surface area contributed by atoms with E-state index in [4.69, 9.17) is 17.3 Å². The zero-order valence-corrected chi connectivity index (χ0v) is 14.1. The summed E-state index contributed by atoms with van der Waals surface area (Å²) in [5.41, 5.74) is 6.29. The molecule has 1 saturated carbocycles. The lowest BCUT2D eigenvalue weighted by atomic mass is 9.84. The molecule has 1 amide bonds. The average Bonchev–Trinajstić information content (AvgIpc) is 2.96. The predicted octanol–water partition coefficient (Wildman–Crippen LogP) is 2.06. The molecule has 1 fully saturated rings. The van der Waals surface area contributed by atoms with E-state index in [2.05, 4.69) is 25.7 Å². The number of amides is 1. The fraction of sp³-hybridized carbons (Fsp3) is 0.467. The van der Waals surface area contributed by atoms with Gasteiger partial charge in [-0.2, -0.15) is 10.1 Å². The Hall–Kier alpha value is -2.35. The van der Waals surface area contributed by atoms with Gasteiger partial charge < -0.3 is 16.4 Å².